The van der Waals surface area contributed by atoms with Gasteiger partial charge >= 0.3 is 0 Å². The summed E-state index contributed by atoms with van der Waals surface area (Å²) in [6.07, 6.45) is 10.5. The summed E-state index contributed by atoms with van der Waals surface area (Å²) in [5.41, 5.74) is 2.50. The highest BCUT2D eigenvalue weighted by molar-refractivity contribution is 5.97. The van der Waals surface area contributed by atoms with Crippen molar-refractivity contribution < 1.29 is 14.4 Å². The predicted octanol–water partition coefficient (Wildman–Crippen LogP) is 5.47. The summed E-state index contributed by atoms with van der Waals surface area (Å²) in [7, 11) is 0. The van der Waals surface area contributed by atoms with E-state index in [1.165, 1.54) is 13.1 Å². The minimum atomic E-state index is -0.0781. The number of hydrogen-bond acceptors (Lipinski definition) is 3. The highest BCUT2D eigenvalue weighted by atomic mass is 16.1. The lowest BCUT2D eigenvalue weighted by atomic mass is 10.00. The Labute approximate surface area is 160 Å². The zero-order valence-corrected chi connectivity index (χ0v) is 18.0. The van der Waals surface area contributed by atoms with Crippen LogP contribution in [0.2, 0.25) is 0 Å². The summed E-state index contributed by atoms with van der Waals surface area (Å²) in [5, 5.41) is 2.49. The first-order valence-corrected chi connectivity index (χ1v) is 9.21. The third-order valence-electron chi connectivity index (χ3n) is 3.24. The molecule has 0 aliphatic rings. The van der Waals surface area contributed by atoms with Crippen molar-refractivity contribution in [2.24, 2.45) is 0 Å². The molecule has 0 fully saturated rings. The zero-order chi connectivity index (χ0) is 21.1. The molecule has 0 radical (unpaired) electrons. The zero-order valence-electron chi connectivity index (χ0n) is 18.0. The van der Waals surface area contributed by atoms with E-state index < -0.39 is 0 Å². The summed E-state index contributed by atoms with van der Waals surface area (Å²) >= 11 is 0. The fourth-order valence-corrected chi connectivity index (χ4v) is 1.59. The van der Waals surface area contributed by atoms with E-state index in [1.807, 2.05) is 52.0 Å². The molecule has 0 unspecified atom stereocenters. The minimum Gasteiger partial charge on any atom is -0.332 e. The second kappa shape index (κ2) is 19.1. The molecule has 0 bridgehead atoms. The standard InChI is InChI=1S/C12H18O.C8H13NO2.C2H6/c1-5-8-9-12(10(4)13)11(6-2)7-3;1-4-8(11)9-5-6(2)7(3)10;1-2/h5-6,8-9H,7H2,1-4H3;5H,4H2,1-3H3,(H,9,11);1-2H3/b8-5-,11-6-,12-9-;6-5-;. The minimum absolute atomic E-state index is 0.0265. The number of ketones is 2. The molecule has 0 aromatic heterocycles. The Balaban J connectivity index is -0.000000375. The van der Waals surface area contributed by atoms with E-state index in [1.54, 1.807) is 20.8 Å². The molecule has 4 heteroatoms. The van der Waals surface area contributed by atoms with Crippen molar-refractivity contribution in [3.8, 4) is 0 Å². The Hall–Kier alpha value is -2.23. The molecule has 0 aromatic carbocycles. The molecule has 1 N–H and O–H groups in total. The molecule has 0 aliphatic carbocycles. The summed E-state index contributed by atoms with van der Waals surface area (Å²) in [5.74, 6) is 0.0278. The monoisotopic (exact) mass is 363 g/mol. The predicted molar refractivity (Wildman–Crippen MR) is 112 cm³/mol. The Bertz CT molecular complexity index is 550. The molecule has 26 heavy (non-hydrogen) atoms. The number of carbonyl (C=O) groups is 3. The average molecular weight is 364 g/mol. The summed E-state index contributed by atoms with van der Waals surface area (Å²) in [4.78, 5) is 32.6. The summed E-state index contributed by atoms with van der Waals surface area (Å²) < 4.78 is 0. The van der Waals surface area contributed by atoms with Crippen LogP contribution in [-0.4, -0.2) is 17.5 Å². The van der Waals surface area contributed by atoms with Crippen LogP contribution in [0.3, 0.4) is 0 Å². The first-order valence-electron chi connectivity index (χ1n) is 9.21. The number of amides is 1. The lowest BCUT2D eigenvalue weighted by molar-refractivity contribution is -0.119. The molecule has 0 rings (SSSR count). The van der Waals surface area contributed by atoms with Gasteiger partial charge in [0, 0.05) is 23.8 Å². The second-order valence-electron chi connectivity index (χ2n) is 5.13. The molecule has 0 atom stereocenters. The van der Waals surface area contributed by atoms with E-state index in [2.05, 4.69) is 12.2 Å². The van der Waals surface area contributed by atoms with Gasteiger partial charge in [0.1, 0.15) is 0 Å². The maximum atomic E-state index is 11.3. The van der Waals surface area contributed by atoms with Crippen molar-refractivity contribution >= 4 is 17.5 Å². The van der Waals surface area contributed by atoms with E-state index in [4.69, 9.17) is 0 Å². The largest absolute Gasteiger partial charge is 0.332 e. The molecular weight excluding hydrogens is 326 g/mol. The van der Waals surface area contributed by atoms with Crippen molar-refractivity contribution in [2.75, 3.05) is 0 Å². The number of nitrogens with one attached hydrogen (secondary N) is 1. The fourth-order valence-electron chi connectivity index (χ4n) is 1.59. The van der Waals surface area contributed by atoms with Gasteiger partial charge in [-0.3, -0.25) is 14.4 Å². The van der Waals surface area contributed by atoms with Gasteiger partial charge in [0.15, 0.2) is 11.6 Å². The first-order chi connectivity index (χ1) is 12.2. The van der Waals surface area contributed by atoms with Crippen LogP contribution in [0, 0.1) is 0 Å². The van der Waals surface area contributed by atoms with Crippen LogP contribution < -0.4 is 5.32 Å². The lowest BCUT2D eigenvalue weighted by Gasteiger charge is -2.04. The van der Waals surface area contributed by atoms with Gasteiger partial charge in [-0.15, -0.1) is 0 Å². The van der Waals surface area contributed by atoms with Crippen LogP contribution in [0.25, 0.3) is 0 Å². The Morgan fingerprint density at radius 1 is 0.885 bits per heavy atom. The van der Waals surface area contributed by atoms with Gasteiger partial charge in [-0.2, -0.15) is 0 Å². The Morgan fingerprint density at radius 3 is 1.73 bits per heavy atom. The van der Waals surface area contributed by atoms with Gasteiger partial charge in [-0.25, -0.2) is 0 Å². The van der Waals surface area contributed by atoms with Crippen LogP contribution in [0.1, 0.15) is 75.2 Å². The molecule has 0 saturated heterocycles. The quantitative estimate of drug-likeness (QED) is 0.482. The third kappa shape index (κ3) is 15.3. The van der Waals surface area contributed by atoms with Gasteiger partial charge in [0.25, 0.3) is 0 Å². The molecule has 0 heterocycles. The van der Waals surface area contributed by atoms with Crippen molar-refractivity contribution in [2.45, 2.75) is 75.2 Å². The van der Waals surface area contributed by atoms with Crippen LogP contribution in [0.5, 0.6) is 0 Å². The highest BCUT2D eigenvalue weighted by Crippen LogP contribution is 2.14. The molecule has 1 amide bonds. The number of allylic oxidation sites excluding steroid dienone is 7. The first kappa shape index (κ1) is 28.6. The topological polar surface area (TPSA) is 63.2 Å². The smallest absolute Gasteiger partial charge is 0.223 e. The SMILES string of the molecule is CC.CCC(=O)N/C=C(/C)C(C)=O.C\C=C/C=C(C(C)=O)\C(=C/C)CC. The molecule has 148 valence electrons. The Morgan fingerprint density at radius 2 is 1.42 bits per heavy atom. The van der Waals surface area contributed by atoms with Crippen LogP contribution in [0.4, 0.5) is 0 Å². The van der Waals surface area contributed by atoms with Crippen molar-refractivity contribution in [3.05, 3.63) is 47.2 Å². The van der Waals surface area contributed by atoms with Crippen molar-refractivity contribution in [1.82, 2.24) is 5.32 Å². The van der Waals surface area contributed by atoms with E-state index in [9.17, 15) is 14.4 Å². The third-order valence-corrected chi connectivity index (χ3v) is 3.24. The van der Waals surface area contributed by atoms with Crippen LogP contribution in [-0.2, 0) is 14.4 Å². The van der Waals surface area contributed by atoms with E-state index >= 15 is 0 Å². The maximum absolute atomic E-state index is 11.3. The Kier molecular flexibility index (Phi) is 21.0. The molecular formula is C22H37NO3. The van der Waals surface area contributed by atoms with Crippen molar-refractivity contribution in [3.63, 3.8) is 0 Å². The molecule has 0 saturated carbocycles. The fraction of sp³-hybridized carbons (Fsp3) is 0.500. The normalized spacial score (nSPS) is 11.8. The number of carbonyl (C=O) groups excluding carboxylic acids is 3. The van der Waals surface area contributed by atoms with Gasteiger partial charge in [0.05, 0.1) is 0 Å². The van der Waals surface area contributed by atoms with Crippen molar-refractivity contribution in [1.29, 1.82) is 0 Å². The van der Waals surface area contributed by atoms with Crippen LogP contribution in [0.15, 0.2) is 47.2 Å². The molecule has 0 spiro atoms. The summed E-state index contributed by atoms with van der Waals surface area (Å²) in [6.45, 7) is 16.4. The average Bonchev–Trinajstić information content (AvgIpc) is 2.64. The molecule has 0 aliphatic heterocycles. The van der Waals surface area contributed by atoms with Gasteiger partial charge in [-0.1, -0.05) is 52.0 Å². The second-order valence-corrected chi connectivity index (χ2v) is 5.13. The molecule has 0 aromatic rings. The maximum Gasteiger partial charge on any atom is 0.223 e. The van der Waals surface area contributed by atoms with Gasteiger partial charge < -0.3 is 5.32 Å². The van der Waals surface area contributed by atoms with E-state index in [0.29, 0.717) is 12.0 Å². The number of Topliss-reactive ketones (excluding diaryl/α,β-unsaturated/α-hetero) is 2. The van der Waals surface area contributed by atoms with Gasteiger partial charge in [-0.05, 0) is 46.6 Å². The van der Waals surface area contributed by atoms with Gasteiger partial charge in [0.2, 0.25) is 5.91 Å². The number of hydrogen-bond donors (Lipinski definition) is 1. The molecule has 4 nitrogen and oxygen atoms in total. The van der Waals surface area contributed by atoms with Crippen LogP contribution >= 0.6 is 0 Å². The number of rotatable bonds is 7. The lowest BCUT2D eigenvalue weighted by Crippen LogP contribution is -2.16. The van der Waals surface area contributed by atoms with E-state index in [0.717, 1.165) is 17.6 Å². The summed E-state index contributed by atoms with van der Waals surface area (Å²) in [6, 6.07) is 0. The van der Waals surface area contributed by atoms with E-state index in [-0.39, 0.29) is 17.5 Å². The highest BCUT2D eigenvalue weighted by Gasteiger charge is 2.05.